The number of phenolic OH excluding ortho intramolecular Hbond substituents is 1. The third kappa shape index (κ3) is 13.7. The first-order valence-electron chi connectivity index (χ1n) is 25.7. The number of aliphatic hydroxyl groups is 8. The van der Waals surface area contributed by atoms with Gasteiger partial charge in [-0.2, -0.15) is 0 Å². The van der Waals surface area contributed by atoms with Crippen molar-refractivity contribution in [3.05, 3.63) is 83.9 Å². The molecule has 0 bridgehead atoms. The minimum Gasteiger partial charge on any atom is -0.508 e. The van der Waals surface area contributed by atoms with Gasteiger partial charge >= 0.3 is 0 Å². The van der Waals surface area contributed by atoms with Crippen molar-refractivity contribution in [1.29, 1.82) is 0 Å². The molecule has 4 fully saturated rings. The fourth-order valence-electron chi connectivity index (χ4n) is 10.2. The van der Waals surface area contributed by atoms with Crippen LogP contribution < -0.4 is 31.3 Å². The number of carbonyl (C=O) groups excluding carboxylic acids is 7. The lowest BCUT2D eigenvalue weighted by Gasteiger charge is -2.34. The Balaban J connectivity index is 1.20. The van der Waals surface area contributed by atoms with Crippen LogP contribution in [-0.2, 0) is 28.8 Å². The molecular weight excluding hydrogens is 1010 g/mol. The third-order valence-corrected chi connectivity index (χ3v) is 14.8. The molecule has 418 valence electrons. The van der Waals surface area contributed by atoms with Crippen molar-refractivity contribution in [1.82, 2.24) is 36.4 Å². The maximum atomic E-state index is 14.4. The van der Waals surface area contributed by atoms with Gasteiger partial charge in [0, 0.05) is 37.4 Å². The van der Waals surface area contributed by atoms with Gasteiger partial charge in [0.2, 0.25) is 35.4 Å². The largest absolute Gasteiger partial charge is 0.508 e. The van der Waals surface area contributed by atoms with Crippen molar-refractivity contribution in [2.75, 3.05) is 19.7 Å². The standard InChI is InChI=1S/C53H69N7O17/c1-25-22-60-42(43(25)66)51(74)58-49(72)38(65)21-36(54-46(69)32-10-8-29(9-11-32)30-14-18-35(19-15-30)77-24-28-6-4-5-7-28)47(70)55-39(26(2)61)52(75)59-23-34(64)20-37(59)48(71)57-41(50(73)56-40(27(3)62)53(60)76)45(68)44(67)31-12-16-33(63)17-13-31/h8-19,25-28,34,36-45,49,61-68,72H,4-7,20-24H2,1-3H3,(H,54,69)(H,55,70)(H,56,73)(H,57,71)(H,58,74)/t25-,26+,27+,34+,36-,37-,38+,39-,40-,41-,42-,43-,44-,45-,49-/m0/s1. The summed E-state index contributed by atoms with van der Waals surface area (Å²) >= 11 is 0. The molecule has 3 aromatic rings. The third-order valence-electron chi connectivity index (χ3n) is 14.8. The van der Waals surface area contributed by atoms with Gasteiger partial charge in [-0.05, 0) is 85.7 Å². The first kappa shape index (κ1) is 57.9. The molecule has 77 heavy (non-hydrogen) atoms. The van der Waals surface area contributed by atoms with Gasteiger partial charge in [-0.15, -0.1) is 0 Å². The Labute approximate surface area is 443 Å². The molecule has 7 amide bonds. The quantitative estimate of drug-likeness (QED) is 0.0937. The van der Waals surface area contributed by atoms with E-state index in [-0.39, 0.29) is 23.4 Å². The maximum Gasteiger partial charge on any atom is 0.251 e. The van der Waals surface area contributed by atoms with E-state index in [1.807, 2.05) is 24.3 Å². The number of phenols is 1. The molecule has 0 aromatic heterocycles. The Kier molecular flexibility index (Phi) is 18.9. The highest BCUT2D eigenvalue weighted by Crippen LogP contribution is 2.30. The zero-order valence-electron chi connectivity index (χ0n) is 42.7. The van der Waals surface area contributed by atoms with Gasteiger partial charge < -0.3 is 87.1 Å². The van der Waals surface area contributed by atoms with Crippen molar-refractivity contribution >= 4 is 41.4 Å². The molecule has 1 aliphatic carbocycles. The zero-order chi connectivity index (χ0) is 56.0. The number of rotatable bonds is 11. The Morgan fingerprint density at radius 1 is 0.675 bits per heavy atom. The number of hydrogen-bond donors (Lipinski definition) is 14. The van der Waals surface area contributed by atoms with E-state index in [4.69, 9.17) is 4.74 Å². The van der Waals surface area contributed by atoms with Crippen LogP contribution in [0.3, 0.4) is 0 Å². The maximum absolute atomic E-state index is 14.4. The summed E-state index contributed by atoms with van der Waals surface area (Å²) in [5.74, 6) is -8.17. The highest BCUT2D eigenvalue weighted by Gasteiger charge is 2.50. The first-order chi connectivity index (χ1) is 36.5. The fraction of sp³-hybridized carbons (Fsp3) is 0.528. The van der Waals surface area contributed by atoms with Gasteiger partial charge in [0.1, 0.15) is 66.1 Å². The van der Waals surface area contributed by atoms with Crippen LogP contribution in [0, 0.1) is 11.8 Å². The molecule has 7 rings (SSSR count). The average Bonchev–Trinajstić information content (AvgIpc) is 4.16. The molecule has 0 unspecified atom stereocenters. The highest BCUT2D eigenvalue weighted by molar-refractivity contribution is 6.00. The number of nitrogens with one attached hydrogen (secondary N) is 5. The molecule has 4 aliphatic rings. The van der Waals surface area contributed by atoms with Crippen molar-refractivity contribution in [2.45, 2.75) is 145 Å². The molecule has 3 aromatic carbocycles. The van der Waals surface area contributed by atoms with Crippen molar-refractivity contribution in [3.63, 3.8) is 0 Å². The summed E-state index contributed by atoms with van der Waals surface area (Å²) in [6, 6.07) is 6.71. The van der Waals surface area contributed by atoms with E-state index in [2.05, 4.69) is 26.6 Å². The van der Waals surface area contributed by atoms with E-state index in [0.29, 0.717) is 18.3 Å². The normalized spacial score (nSPS) is 29.9. The summed E-state index contributed by atoms with van der Waals surface area (Å²) < 4.78 is 5.98. The molecular formula is C53H69N7O17. The molecule has 3 aliphatic heterocycles. The number of fused-ring (bicyclic) bond motifs is 2. The minimum absolute atomic E-state index is 0.0170. The molecule has 24 heteroatoms. The molecule has 14 N–H and O–H groups in total. The van der Waals surface area contributed by atoms with Gasteiger partial charge in [-0.1, -0.05) is 56.2 Å². The number of amides is 7. The summed E-state index contributed by atoms with van der Waals surface area (Å²) in [5.41, 5.74) is 1.46. The van der Waals surface area contributed by atoms with Crippen LogP contribution in [0.15, 0.2) is 72.8 Å². The minimum atomic E-state index is -2.29. The first-order valence-corrected chi connectivity index (χ1v) is 25.7. The van der Waals surface area contributed by atoms with Gasteiger partial charge in [-0.25, -0.2) is 0 Å². The lowest BCUT2D eigenvalue weighted by Crippen LogP contribution is -2.64. The SMILES string of the molecule is C[C@@H](O)[C@@H]1NC(=O)[C@H]([C@H](O)[C@@H](O)c2ccc(O)cc2)NC(=O)[C@@H]2C[C@@H](O)CN2C(=O)[C@H]([C@@H](C)O)NC(=O)[C@@H](NC(=O)c2ccc(-c3ccc(OCC4CCCC4)cc3)cc2)C[C@@H](O)[C@H](O)NC(=O)[C@@H]2[C@@H](O)[C@@H](C)CN2C1=O. The van der Waals surface area contributed by atoms with E-state index < -0.39 is 152 Å². The number of ether oxygens (including phenoxy) is 1. The van der Waals surface area contributed by atoms with Gasteiger partial charge in [0.15, 0.2) is 6.23 Å². The van der Waals surface area contributed by atoms with Gasteiger partial charge in [-0.3, -0.25) is 33.6 Å². The van der Waals surface area contributed by atoms with E-state index in [1.54, 1.807) is 12.1 Å². The number of aliphatic hydroxyl groups excluding tert-OH is 8. The smallest absolute Gasteiger partial charge is 0.251 e. The van der Waals surface area contributed by atoms with Crippen molar-refractivity contribution in [3.8, 4) is 22.6 Å². The van der Waals surface area contributed by atoms with Gasteiger partial charge in [0.25, 0.3) is 5.91 Å². The molecule has 0 spiro atoms. The lowest BCUT2D eigenvalue weighted by atomic mass is 9.96. The van der Waals surface area contributed by atoms with Crippen LogP contribution >= 0.6 is 0 Å². The number of carbonyl (C=O) groups is 7. The second-order valence-electron chi connectivity index (χ2n) is 20.6. The Morgan fingerprint density at radius 2 is 1.23 bits per heavy atom. The summed E-state index contributed by atoms with van der Waals surface area (Å²) in [6.45, 7) is 3.34. The Morgan fingerprint density at radius 3 is 1.83 bits per heavy atom. The second kappa shape index (κ2) is 25.1. The fourth-order valence-corrected chi connectivity index (χ4v) is 10.2. The van der Waals surface area contributed by atoms with E-state index in [1.165, 1.54) is 44.0 Å². The monoisotopic (exact) mass is 1080 g/mol. The highest BCUT2D eigenvalue weighted by atomic mass is 16.5. The Hall–Kier alpha value is -6.77. The molecule has 0 radical (unpaired) electrons. The molecule has 24 nitrogen and oxygen atoms in total. The predicted octanol–water partition coefficient (Wildman–Crippen LogP) is -2.59. The van der Waals surface area contributed by atoms with E-state index >= 15 is 0 Å². The topological polar surface area (TPSA) is 377 Å². The molecule has 15 atom stereocenters. The summed E-state index contributed by atoms with van der Waals surface area (Å²) in [5, 5.41) is 111. The second-order valence-corrected chi connectivity index (χ2v) is 20.6. The molecule has 3 heterocycles. The summed E-state index contributed by atoms with van der Waals surface area (Å²) in [4.78, 5) is 101. The summed E-state index contributed by atoms with van der Waals surface area (Å²) in [6.07, 6.45) is -12.0. The van der Waals surface area contributed by atoms with Crippen LogP contribution in [-0.4, -0.2) is 196 Å². The van der Waals surface area contributed by atoms with E-state index in [9.17, 15) is 79.5 Å². The number of benzene rings is 3. The number of nitrogens with zero attached hydrogens (tertiary/aromatic N) is 2. The zero-order valence-corrected chi connectivity index (χ0v) is 42.7. The number of aromatic hydroxyl groups is 1. The van der Waals surface area contributed by atoms with Crippen molar-refractivity contribution in [2.24, 2.45) is 11.8 Å². The number of hydrogen-bond acceptors (Lipinski definition) is 17. The Bertz CT molecular complexity index is 2580. The predicted molar refractivity (Wildman–Crippen MR) is 270 cm³/mol. The van der Waals surface area contributed by atoms with Crippen LogP contribution in [0.4, 0.5) is 0 Å². The average molecular weight is 1080 g/mol. The molecule has 3 saturated heterocycles. The lowest BCUT2D eigenvalue weighted by molar-refractivity contribution is -0.148. The molecule has 1 saturated carbocycles. The summed E-state index contributed by atoms with van der Waals surface area (Å²) in [7, 11) is 0. The van der Waals surface area contributed by atoms with Crippen LogP contribution in [0.5, 0.6) is 11.5 Å². The van der Waals surface area contributed by atoms with Crippen LogP contribution in [0.1, 0.15) is 81.3 Å². The van der Waals surface area contributed by atoms with Crippen LogP contribution in [0.25, 0.3) is 11.1 Å². The van der Waals surface area contributed by atoms with Gasteiger partial charge in [0.05, 0.1) is 31.0 Å². The van der Waals surface area contributed by atoms with Crippen LogP contribution in [0.2, 0.25) is 0 Å². The van der Waals surface area contributed by atoms with Crippen molar-refractivity contribution < 1.29 is 84.3 Å². The van der Waals surface area contributed by atoms with E-state index in [0.717, 1.165) is 59.7 Å².